The molecule has 0 aliphatic carbocycles. The molecule has 6 nitrogen and oxygen atoms in total. The van der Waals surface area contributed by atoms with E-state index < -0.39 is 9.85 Å². The lowest BCUT2D eigenvalue weighted by Crippen LogP contribution is -1.97. The van der Waals surface area contributed by atoms with Crippen LogP contribution in [0.4, 0.5) is 11.4 Å². The first kappa shape index (κ1) is 14.4. The summed E-state index contributed by atoms with van der Waals surface area (Å²) < 4.78 is 0. The molecule has 0 aliphatic heterocycles. The SMILES string of the molecule is Cc1cc(/C=C\c2ccccc2)c([N+](=O)[O-])cc1[N+](=O)[O-]. The molecule has 0 aliphatic rings. The molecule has 0 heterocycles. The van der Waals surface area contributed by atoms with Crippen LogP contribution in [-0.2, 0) is 0 Å². The molecule has 0 aromatic heterocycles. The van der Waals surface area contributed by atoms with Crippen molar-refractivity contribution >= 4 is 23.5 Å². The first-order chi connectivity index (χ1) is 9.99. The Morgan fingerprint density at radius 2 is 1.52 bits per heavy atom. The van der Waals surface area contributed by atoms with Crippen LogP contribution in [0.15, 0.2) is 42.5 Å². The maximum Gasteiger partial charge on any atom is 0.283 e. The van der Waals surface area contributed by atoms with E-state index in [1.807, 2.05) is 30.3 Å². The first-order valence-electron chi connectivity index (χ1n) is 6.15. The average Bonchev–Trinajstić information content (AvgIpc) is 2.45. The van der Waals surface area contributed by atoms with Gasteiger partial charge in [0.2, 0.25) is 0 Å². The predicted molar refractivity (Wildman–Crippen MR) is 79.9 cm³/mol. The van der Waals surface area contributed by atoms with Crippen LogP contribution in [-0.4, -0.2) is 9.85 Å². The molecule has 0 amide bonds. The average molecular weight is 284 g/mol. The van der Waals surface area contributed by atoms with Crippen LogP contribution in [0.3, 0.4) is 0 Å². The van der Waals surface area contributed by atoms with Crippen LogP contribution in [0, 0.1) is 27.2 Å². The third-order valence-corrected chi connectivity index (χ3v) is 2.99. The Labute approximate surface area is 120 Å². The lowest BCUT2D eigenvalue weighted by Gasteiger charge is -2.01. The summed E-state index contributed by atoms with van der Waals surface area (Å²) in [5, 5.41) is 21.9. The predicted octanol–water partition coefficient (Wildman–Crippen LogP) is 3.98. The molecular weight excluding hydrogens is 272 g/mol. The molecular formula is C15H12N2O4. The van der Waals surface area contributed by atoms with E-state index >= 15 is 0 Å². The van der Waals surface area contributed by atoms with Crippen molar-refractivity contribution < 1.29 is 9.85 Å². The van der Waals surface area contributed by atoms with Crippen LogP contribution in [0.1, 0.15) is 16.7 Å². The van der Waals surface area contributed by atoms with Gasteiger partial charge in [0.25, 0.3) is 11.4 Å². The fourth-order valence-corrected chi connectivity index (χ4v) is 1.95. The zero-order valence-electron chi connectivity index (χ0n) is 11.2. The number of nitrogens with zero attached hydrogens (tertiary/aromatic N) is 2. The minimum atomic E-state index is -0.618. The van der Waals surface area contributed by atoms with Gasteiger partial charge in [0.05, 0.1) is 21.5 Å². The van der Waals surface area contributed by atoms with E-state index in [0.717, 1.165) is 11.6 Å². The van der Waals surface area contributed by atoms with Crippen molar-refractivity contribution in [1.29, 1.82) is 0 Å². The van der Waals surface area contributed by atoms with E-state index in [1.54, 1.807) is 19.1 Å². The number of hydrogen-bond acceptors (Lipinski definition) is 4. The molecule has 0 saturated carbocycles. The third-order valence-electron chi connectivity index (χ3n) is 2.99. The Hall–Kier alpha value is -3.02. The van der Waals surface area contributed by atoms with Gasteiger partial charge in [-0.15, -0.1) is 0 Å². The Morgan fingerprint density at radius 1 is 0.905 bits per heavy atom. The highest BCUT2D eigenvalue weighted by molar-refractivity contribution is 5.76. The summed E-state index contributed by atoms with van der Waals surface area (Å²) in [7, 11) is 0. The highest BCUT2D eigenvalue weighted by Gasteiger charge is 2.20. The maximum absolute atomic E-state index is 11.1. The molecule has 0 radical (unpaired) electrons. The molecule has 106 valence electrons. The number of rotatable bonds is 4. The van der Waals surface area contributed by atoms with Gasteiger partial charge in [-0.25, -0.2) is 0 Å². The molecule has 0 N–H and O–H groups in total. The zero-order chi connectivity index (χ0) is 15.4. The van der Waals surface area contributed by atoms with Crippen LogP contribution < -0.4 is 0 Å². The number of hydrogen-bond donors (Lipinski definition) is 0. The minimum Gasteiger partial charge on any atom is -0.258 e. The van der Waals surface area contributed by atoms with Crippen molar-refractivity contribution in [3.05, 3.63) is 79.4 Å². The van der Waals surface area contributed by atoms with E-state index in [-0.39, 0.29) is 11.4 Å². The molecule has 6 heteroatoms. The fraction of sp³-hybridized carbons (Fsp3) is 0.0667. The lowest BCUT2D eigenvalue weighted by molar-refractivity contribution is -0.394. The van der Waals surface area contributed by atoms with Crippen molar-refractivity contribution in [1.82, 2.24) is 0 Å². The summed E-state index contributed by atoms with van der Waals surface area (Å²) >= 11 is 0. The van der Waals surface area contributed by atoms with Gasteiger partial charge in [-0.3, -0.25) is 20.2 Å². The van der Waals surface area contributed by atoms with Gasteiger partial charge < -0.3 is 0 Å². The minimum absolute atomic E-state index is 0.251. The van der Waals surface area contributed by atoms with Gasteiger partial charge in [0.1, 0.15) is 0 Å². The van der Waals surface area contributed by atoms with Crippen molar-refractivity contribution in [2.45, 2.75) is 6.92 Å². The fourth-order valence-electron chi connectivity index (χ4n) is 1.95. The van der Waals surface area contributed by atoms with Gasteiger partial charge in [-0.1, -0.05) is 36.4 Å². The Balaban J connectivity index is 2.48. The maximum atomic E-state index is 11.1. The number of nitro benzene ring substituents is 2. The molecule has 0 saturated heterocycles. The molecule has 0 fully saturated rings. The van der Waals surface area contributed by atoms with Gasteiger partial charge in [0.15, 0.2) is 0 Å². The van der Waals surface area contributed by atoms with Crippen molar-refractivity contribution in [2.24, 2.45) is 0 Å². The molecule has 2 aromatic carbocycles. The zero-order valence-corrected chi connectivity index (χ0v) is 11.2. The highest BCUT2D eigenvalue weighted by Crippen LogP contribution is 2.29. The molecule has 2 aromatic rings. The second kappa shape index (κ2) is 5.96. The number of aryl methyl sites for hydroxylation is 1. The van der Waals surface area contributed by atoms with Crippen LogP contribution in [0.2, 0.25) is 0 Å². The van der Waals surface area contributed by atoms with E-state index in [0.29, 0.717) is 11.1 Å². The van der Waals surface area contributed by atoms with E-state index in [4.69, 9.17) is 0 Å². The van der Waals surface area contributed by atoms with Crippen molar-refractivity contribution in [2.75, 3.05) is 0 Å². The summed E-state index contributed by atoms with van der Waals surface area (Å²) in [5.41, 5.74) is 1.09. The monoisotopic (exact) mass is 284 g/mol. The second-order valence-electron chi connectivity index (χ2n) is 4.46. The highest BCUT2D eigenvalue weighted by atomic mass is 16.6. The molecule has 21 heavy (non-hydrogen) atoms. The largest absolute Gasteiger partial charge is 0.283 e. The van der Waals surface area contributed by atoms with Gasteiger partial charge >= 0.3 is 0 Å². The van der Waals surface area contributed by atoms with E-state index in [9.17, 15) is 20.2 Å². The summed E-state index contributed by atoms with van der Waals surface area (Å²) in [4.78, 5) is 20.7. The number of benzene rings is 2. The molecule has 0 unspecified atom stereocenters. The van der Waals surface area contributed by atoms with Crippen LogP contribution >= 0.6 is 0 Å². The smallest absolute Gasteiger partial charge is 0.258 e. The molecule has 0 bridgehead atoms. The van der Waals surface area contributed by atoms with Crippen molar-refractivity contribution in [3.63, 3.8) is 0 Å². The van der Waals surface area contributed by atoms with Crippen LogP contribution in [0.5, 0.6) is 0 Å². The molecule has 0 spiro atoms. The topological polar surface area (TPSA) is 86.3 Å². The van der Waals surface area contributed by atoms with Gasteiger partial charge in [-0.05, 0) is 24.6 Å². The van der Waals surface area contributed by atoms with Gasteiger partial charge in [0, 0.05) is 5.56 Å². The van der Waals surface area contributed by atoms with Crippen LogP contribution in [0.25, 0.3) is 12.2 Å². The lowest BCUT2D eigenvalue weighted by atomic mass is 10.1. The third kappa shape index (κ3) is 3.30. The molecule has 0 atom stereocenters. The Kier molecular flexibility index (Phi) is 4.08. The summed E-state index contributed by atoms with van der Waals surface area (Å²) in [6, 6.07) is 11.8. The van der Waals surface area contributed by atoms with Crippen molar-refractivity contribution in [3.8, 4) is 0 Å². The van der Waals surface area contributed by atoms with Gasteiger partial charge in [-0.2, -0.15) is 0 Å². The second-order valence-corrected chi connectivity index (χ2v) is 4.46. The van der Waals surface area contributed by atoms with E-state index in [1.165, 1.54) is 6.07 Å². The summed E-state index contributed by atoms with van der Waals surface area (Å²) in [6.07, 6.45) is 3.32. The summed E-state index contributed by atoms with van der Waals surface area (Å²) in [5.74, 6) is 0. The molecule has 2 rings (SSSR count). The Bertz CT molecular complexity index is 724. The summed E-state index contributed by atoms with van der Waals surface area (Å²) in [6.45, 7) is 1.56. The first-order valence-corrected chi connectivity index (χ1v) is 6.15. The van der Waals surface area contributed by atoms with E-state index in [2.05, 4.69) is 0 Å². The standard InChI is InChI=1S/C15H12N2O4/c1-11-9-13(8-7-12-5-3-2-4-6-12)15(17(20)21)10-14(11)16(18)19/h2-10H,1H3/b8-7-. The quantitative estimate of drug-likeness (QED) is 0.482. The normalized spacial score (nSPS) is 10.7. The number of nitro groups is 2. The Morgan fingerprint density at radius 3 is 2.10 bits per heavy atom.